The molecule has 19 heavy (non-hydrogen) atoms. The Hall–Kier alpha value is -2.08. The first-order valence-electron chi connectivity index (χ1n) is 5.55. The quantitative estimate of drug-likeness (QED) is 0.526. The molecule has 0 radical (unpaired) electrons. The number of nitrogens with zero attached hydrogens (tertiary/aromatic N) is 2. The van der Waals surface area contributed by atoms with Crippen molar-refractivity contribution in [3.63, 3.8) is 0 Å². The van der Waals surface area contributed by atoms with Crippen LogP contribution in [0, 0.1) is 6.92 Å². The molecule has 2 N–H and O–H groups in total. The highest BCUT2D eigenvalue weighted by atomic mass is 32.2. The molecular weight excluding hydrogens is 262 g/mol. The summed E-state index contributed by atoms with van der Waals surface area (Å²) in [6.45, 7) is 1.88. The Bertz CT molecular complexity index is 617. The first-order chi connectivity index (χ1) is 9.10. The summed E-state index contributed by atoms with van der Waals surface area (Å²) < 4.78 is 4.74. The van der Waals surface area contributed by atoms with Crippen molar-refractivity contribution in [2.24, 2.45) is 0 Å². The largest absolute Gasteiger partial charge is 0.465 e. The molecule has 98 valence electrons. The van der Waals surface area contributed by atoms with Gasteiger partial charge in [0.05, 0.1) is 12.7 Å². The number of methoxy groups -OCH3 is 1. The van der Waals surface area contributed by atoms with Crippen LogP contribution in [0.3, 0.4) is 0 Å². The topological polar surface area (TPSA) is 78.1 Å². The van der Waals surface area contributed by atoms with E-state index in [0.29, 0.717) is 21.3 Å². The van der Waals surface area contributed by atoms with Crippen molar-refractivity contribution in [1.29, 1.82) is 0 Å². The number of hydrogen-bond donors (Lipinski definition) is 1. The van der Waals surface area contributed by atoms with Gasteiger partial charge in [0, 0.05) is 22.5 Å². The lowest BCUT2D eigenvalue weighted by Gasteiger charge is -2.07. The van der Waals surface area contributed by atoms with Gasteiger partial charge in [-0.3, -0.25) is 0 Å². The Morgan fingerprint density at radius 3 is 2.84 bits per heavy atom. The Labute approximate surface area is 115 Å². The molecule has 1 aromatic heterocycles. The predicted molar refractivity (Wildman–Crippen MR) is 73.1 cm³/mol. The Balaban J connectivity index is 2.37. The fourth-order valence-electron chi connectivity index (χ4n) is 1.48. The van der Waals surface area contributed by atoms with Crippen LogP contribution in [-0.2, 0) is 4.74 Å². The normalized spacial score (nSPS) is 10.2. The molecule has 0 aliphatic rings. The minimum atomic E-state index is -0.428. The maximum absolute atomic E-state index is 11.7. The van der Waals surface area contributed by atoms with Gasteiger partial charge in [-0.2, -0.15) is 0 Å². The summed E-state index contributed by atoms with van der Waals surface area (Å²) in [5.41, 5.74) is 7.48. The second-order valence-corrected chi connectivity index (χ2v) is 4.84. The van der Waals surface area contributed by atoms with E-state index in [1.807, 2.05) is 13.0 Å². The highest BCUT2D eigenvalue weighted by Crippen LogP contribution is 2.29. The van der Waals surface area contributed by atoms with Crippen molar-refractivity contribution < 1.29 is 9.53 Å². The molecule has 1 aromatic carbocycles. The monoisotopic (exact) mass is 275 g/mol. The molecule has 6 heteroatoms. The van der Waals surface area contributed by atoms with Crippen LogP contribution < -0.4 is 5.73 Å². The predicted octanol–water partition coefficient (Wildman–Crippen LogP) is 2.31. The molecule has 0 aliphatic carbocycles. The number of aromatic nitrogens is 2. The summed E-state index contributed by atoms with van der Waals surface area (Å²) in [7, 11) is 1.34. The van der Waals surface area contributed by atoms with E-state index >= 15 is 0 Å². The third-order valence-electron chi connectivity index (χ3n) is 2.38. The number of carbonyl (C=O) groups excluding carboxylic acids is 1. The summed E-state index contributed by atoms with van der Waals surface area (Å²) in [6, 6.07) is 6.89. The smallest absolute Gasteiger partial charge is 0.339 e. The molecule has 0 aliphatic heterocycles. The number of esters is 1. The molecule has 0 saturated heterocycles. The number of nitrogens with two attached hydrogens (primary N) is 1. The van der Waals surface area contributed by atoms with Gasteiger partial charge in [-0.25, -0.2) is 14.8 Å². The lowest BCUT2D eigenvalue weighted by molar-refractivity contribution is 0.0597. The number of anilines is 1. The van der Waals surface area contributed by atoms with Crippen molar-refractivity contribution in [1.82, 2.24) is 9.97 Å². The average molecular weight is 275 g/mol. The Kier molecular flexibility index (Phi) is 4.01. The van der Waals surface area contributed by atoms with Crippen LogP contribution in [0.2, 0.25) is 0 Å². The minimum Gasteiger partial charge on any atom is -0.465 e. The van der Waals surface area contributed by atoms with Gasteiger partial charge in [-0.15, -0.1) is 0 Å². The van der Waals surface area contributed by atoms with Crippen LogP contribution in [0.1, 0.15) is 16.1 Å². The fraction of sp³-hybridized carbons (Fsp3) is 0.154. The zero-order valence-electron chi connectivity index (χ0n) is 10.6. The van der Waals surface area contributed by atoms with Gasteiger partial charge < -0.3 is 10.5 Å². The highest BCUT2D eigenvalue weighted by molar-refractivity contribution is 7.99. The van der Waals surface area contributed by atoms with Gasteiger partial charge in [0.1, 0.15) is 0 Å². The lowest BCUT2D eigenvalue weighted by Crippen LogP contribution is -2.04. The molecule has 5 nitrogen and oxygen atoms in total. The van der Waals surface area contributed by atoms with Gasteiger partial charge in [0.15, 0.2) is 5.16 Å². The number of benzene rings is 1. The lowest BCUT2D eigenvalue weighted by atomic mass is 10.2. The number of rotatable bonds is 3. The number of hydrogen-bond acceptors (Lipinski definition) is 6. The number of carbonyl (C=O) groups is 1. The maximum Gasteiger partial charge on any atom is 0.339 e. The third kappa shape index (κ3) is 3.23. The van der Waals surface area contributed by atoms with E-state index in [1.165, 1.54) is 18.9 Å². The number of ether oxygens (including phenoxy) is 1. The highest BCUT2D eigenvalue weighted by Gasteiger charge is 2.14. The SMILES string of the molecule is COC(=O)c1cc(N)ccc1Sc1nccc(C)n1. The van der Waals surface area contributed by atoms with Crippen molar-refractivity contribution in [3.8, 4) is 0 Å². The van der Waals surface area contributed by atoms with E-state index in [4.69, 9.17) is 10.5 Å². The van der Waals surface area contributed by atoms with Crippen LogP contribution >= 0.6 is 11.8 Å². The van der Waals surface area contributed by atoms with E-state index < -0.39 is 5.97 Å². The first-order valence-corrected chi connectivity index (χ1v) is 6.37. The van der Waals surface area contributed by atoms with E-state index in [2.05, 4.69) is 9.97 Å². The van der Waals surface area contributed by atoms with Crippen molar-refractivity contribution >= 4 is 23.4 Å². The van der Waals surface area contributed by atoms with Gasteiger partial charge in [0.2, 0.25) is 0 Å². The molecule has 0 saturated carbocycles. The van der Waals surface area contributed by atoms with E-state index in [-0.39, 0.29) is 0 Å². The van der Waals surface area contributed by atoms with Crippen LogP contribution in [-0.4, -0.2) is 23.0 Å². The van der Waals surface area contributed by atoms with Crippen LogP contribution in [0.15, 0.2) is 40.5 Å². The summed E-state index contributed by atoms with van der Waals surface area (Å²) >= 11 is 1.30. The number of aryl methyl sites for hydroxylation is 1. The second-order valence-electron chi connectivity index (χ2n) is 3.83. The molecule has 1 heterocycles. The molecule has 0 bridgehead atoms. The average Bonchev–Trinajstić information content (AvgIpc) is 2.40. The second kappa shape index (κ2) is 5.71. The third-order valence-corrected chi connectivity index (χ3v) is 3.34. The molecule has 2 aromatic rings. The molecule has 0 amide bonds. The minimum absolute atomic E-state index is 0.414. The van der Waals surface area contributed by atoms with Crippen molar-refractivity contribution in [2.75, 3.05) is 12.8 Å². The van der Waals surface area contributed by atoms with Crippen LogP contribution in [0.25, 0.3) is 0 Å². The molecule has 0 unspecified atom stereocenters. The van der Waals surface area contributed by atoms with Gasteiger partial charge >= 0.3 is 5.97 Å². The van der Waals surface area contributed by atoms with E-state index in [0.717, 1.165) is 5.69 Å². The summed E-state index contributed by atoms with van der Waals surface area (Å²) in [6.07, 6.45) is 1.68. The first kappa shape index (κ1) is 13.4. The molecule has 0 atom stereocenters. The van der Waals surface area contributed by atoms with Crippen LogP contribution in [0.5, 0.6) is 0 Å². The number of nitrogen functional groups attached to an aromatic ring is 1. The molecule has 0 spiro atoms. The fourth-order valence-corrected chi connectivity index (χ4v) is 2.37. The molecular formula is C13H13N3O2S. The molecule has 2 rings (SSSR count). The van der Waals surface area contributed by atoms with Crippen molar-refractivity contribution in [2.45, 2.75) is 17.0 Å². The molecule has 0 fully saturated rings. The van der Waals surface area contributed by atoms with Gasteiger partial charge in [-0.05, 0) is 43.0 Å². The van der Waals surface area contributed by atoms with Crippen LogP contribution in [0.4, 0.5) is 5.69 Å². The van der Waals surface area contributed by atoms with Gasteiger partial charge in [0.25, 0.3) is 0 Å². The van der Waals surface area contributed by atoms with Gasteiger partial charge in [-0.1, -0.05) is 0 Å². The van der Waals surface area contributed by atoms with Crippen molar-refractivity contribution in [3.05, 3.63) is 41.7 Å². The summed E-state index contributed by atoms with van der Waals surface area (Å²) in [4.78, 5) is 20.9. The summed E-state index contributed by atoms with van der Waals surface area (Å²) in [5.74, 6) is -0.428. The van der Waals surface area contributed by atoms with E-state index in [9.17, 15) is 4.79 Å². The van der Waals surface area contributed by atoms with E-state index in [1.54, 1.807) is 24.4 Å². The zero-order valence-corrected chi connectivity index (χ0v) is 11.4. The summed E-state index contributed by atoms with van der Waals surface area (Å²) in [5, 5.41) is 0.579. The Morgan fingerprint density at radius 2 is 2.16 bits per heavy atom. The Morgan fingerprint density at radius 1 is 1.37 bits per heavy atom. The maximum atomic E-state index is 11.7. The zero-order chi connectivity index (χ0) is 13.8. The standard InChI is InChI=1S/C13H13N3O2S/c1-8-5-6-15-13(16-8)19-11-4-3-9(14)7-10(11)12(17)18-2/h3-7H,14H2,1-2H3.